The minimum Gasteiger partial charge on any atom is -0.497 e. The van der Waals surface area contributed by atoms with Crippen LogP contribution in [0.5, 0.6) is 5.75 Å². The van der Waals surface area contributed by atoms with Crippen LogP contribution in [-0.2, 0) is 16.1 Å². The van der Waals surface area contributed by atoms with Gasteiger partial charge in [0.15, 0.2) is 5.17 Å². The van der Waals surface area contributed by atoms with Crippen molar-refractivity contribution in [1.82, 2.24) is 14.7 Å². The second kappa shape index (κ2) is 11.1. The number of hydrogen-bond donors (Lipinski definition) is 1. The fraction of sp³-hybridized carbons (Fsp3) is 0.231. The Labute approximate surface area is 208 Å². The first-order valence-electron chi connectivity index (χ1n) is 11.2. The van der Waals surface area contributed by atoms with Crippen molar-refractivity contribution in [2.75, 3.05) is 18.2 Å². The molecular weight excluding hydrogens is 462 g/mol. The van der Waals surface area contributed by atoms with Crippen LogP contribution in [0, 0.1) is 0 Å². The van der Waals surface area contributed by atoms with Crippen LogP contribution < -0.4 is 10.1 Å². The molecule has 0 unspecified atom stereocenters. The lowest BCUT2D eigenvalue weighted by molar-refractivity contribution is -0.123. The van der Waals surface area contributed by atoms with Crippen LogP contribution >= 0.6 is 11.8 Å². The predicted molar refractivity (Wildman–Crippen MR) is 139 cm³/mol. The number of nitrogens with zero attached hydrogens (tertiary/aromatic N) is 4. The molecule has 0 atom stereocenters. The smallest absolute Gasteiger partial charge is 0.278 e. The maximum atomic E-state index is 13.3. The molecule has 1 aliphatic rings. The third kappa shape index (κ3) is 5.99. The van der Waals surface area contributed by atoms with Gasteiger partial charge in [-0.25, -0.2) is 9.67 Å². The molecule has 4 rings (SSSR count). The lowest BCUT2D eigenvalue weighted by Gasteiger charge is -2.18. The summed E-state index contributed by atoms with van der Waals surface area (Å²) in [6.45, 7) is 4.36. The monoisotopic (exact) mass is 489 g/mol. The molecule has 1 aliphatic heterocycles. The number of methoxy groups -OCH3 is 1. The van der Waals surface area contributed by atoms with Crippen molar-refractivity contribution in [3.05, 3.63) is 83.7 Å². The Morgan fingerprint density at radius 3 is 2.54 bits per heavy atom. The average Bonchev–Trinajstić information content (AvgIpc) is 3.44. The molecule has 2 aromatic carbocycles. The lowest BCUT2D eigenvalue weighted by Crippen LogP contribution is -2.31. The summed E-state index contributed by atoms with van der Waals surface area (Å²) in [4.78, 5) is 32.1. The van der Waals surface area contributed by atoms with E-state index in [1.165, 1.54) is 11.8 Å². The summed E-state index contributed by atoms with van der Waals surface area (Å²) in [7, 11) is 1.61. The van der Waals surface area contributed by atoms with E-state index in [9.17, 15) is 9.59 Å². The standard InChI is InChI=1S/C26H27N5O3S/c1-18(2)31-23(13-14-27-31)29-24(32)17-35-26-28-22(15-19-9-11-21(34-3)12-10-19)25(33)30(26)16-20-7-5-4-6-8-20/h4-15,18H,16-17H2,1-3H3,(H,29,32)/b22-15-. The van der Waals surface area contributed by atoms with E-state index in [1.54, 1.807) is 35.0 Å². The lowest BCUT2D eigenvalue weighted by atomic mass is 10.1. The van der Waals surface area contributed by atoms with Gasteiger partial charge in [-0.2, -0.15) is 5.10 Å². The van der Waals surface area contributed by atoms with Gasteiger partial charge in [0.2, 0.25) is 5.91 Å². The van der Waals surface area contributed by atoms with Crippen molar-refractivity contribution in [1.29, 1.82) is 0 Å². The second-order valence-corrected chi connectivity index (χ2v) is 9.11. The third-order valence-electron chi connectivity index (χ3n) is 5.27. The van der Waals surface area contributed by atoms with Crippen LogP contribution in [0.4, 0.5) is 5.82 Å². The number of aliphatic imine (C=N–C) groups is 1. The summed E-state index contributed by atoms with van der Waals surface area (Å²) < 4.78 is 6.95. The van der Waals surface area contributed by atoms with E-state index in [4.69, 9.17) is 4.74 Å². The summed E-state index contributed by atoms with van der Waals surface area (Å²) in [5, 5.41) is 7.62. The number of thioether (sulfide) groups is 1. The minimum absolute atomic E-state index is 0.108. The normalized spacial score (nSPS) is 14.5. The van der Waals surface area contributed by atoms with E-state index in [0.717, 1.165) is 16.9 Å². The molecule has 1 N–H and O–H groups in total. The summed E-state index contributed by atoms with van der Waals surface area (Å²) >= 11 is 1.23. The van der Waals surface area contributed by atoms with E-state index in [1.807, 2.05) is 68.4 Å². The van der Waals surface area contributed by atoms with Crippen molar-refractivity contribution >= 4 is 40.6 Å². The topological polar surface area (TPSA) is 88.8 Å². The van der Waals surface area contributed by atoms with Gasteiger partial charge in [0.1, 0.15) is 17.3 Å². The number of ether oxygens (including phenoxy) is 1. The van der Waals surface area contributed by atoms with Crippen molar-refractivity contribution in [3.63, 3.8) is 0 Å². The first-order chi connectivity index (χ1) is 16.9. The SMILES string of the molecule is COc1ccc(/C=C2\N=C(SCC(=O)Nc3ccnn3C(C)C)N(Cc3ccccc3)C2=O)cc1. The highest BCUT2D eigenvalue weighted by atomic mass is 32.2. The Hall–Kier alpha value is -3.85. The molecule has 0 radical (unpaired) electrons. The Morgan fingerprint density at radius 2 is 1.86 bits per heavy atom. The zero-order valence-corrected chi connectivity index (χ0v) is 20.7. The number of carbonyl (C=O) groups is 2. The molecule has 180 valence electrons. The van der Waals surface area contributed by atoms with Crippen molar-refractivity contribution in [2.24, 2.45) is 4.99 Å². The predicted octanol–water partition coefficient (Wildman–Crippen LogP) is 4.58. The second-order valence-electron chi connectivity index (χ2n) is 8.17. The quantitative estimate of drug-likeness (QED) is 0.468. The number of hydrogen-bond acceptors (Lipinski definition) is 6. The van der Waals surface area contributed by atoms with Crippen LogP contribution in [0.25, 0.3) is 6.08 Å². The highest BCUT2D eigenvalue weighted by Crippen LogP contribution is 2.26. The average molecular weight is 490 g/mol. The maximum Gasteiger partial charge on any atom is 0.278 e. The van der Waals surface area contributed by atoms with Gasteiger partial charge in [0.25, 0.3) is 5.91 Å². The van der Waals surface area contributed by atoms with E-state index in [2.05, 4.69) is 15.4 Å². The van der Waals surface area contributed by atoms with Crippen LogP contribution in [0.1, 0.15) is 31.0 Å². The van der Waals surface area contributed by atoms with Crippen LogP contribution in [0.3, 0.4) is 0 Å². The van der Waals surface area contributed by atoms with Gasteiger partial charge in [0.05, 0.1) is 25.6 Å². The Bertz CT molecular complexity index is 1250. The van der Waals surface area contributed by atoms with Crippen LogP contribution in [-0.4, -0.2) is 44.5 Å². The van der Waals surface area contributed by atoms with Crippen molar-refractivity contribution < 1.29 is 14.3 Å². The molecule has 0 saturated carbocycles. The van der Waals surface area contributed by atoms with E-state index in [-0.39, 0.29) is 23.6 Å². The number of nitrogens with one attached hydrogen (secondary N) is 1. The van der Waals surface area contributed by atoms with E-state index >= 15 is 0 Å². The summed E-state index contributed by atoms with van der Waals surface area (Å²) in [6, 6.07) is 19.0. The zero-order valence-electron chi connectivity index (χ0n) is 19.8. The summed E-state index contributed by atoms with van der Waals surface area (Å²) in [5.74, 6) is 1.08. The number of aromatic nitrogens is 2. The Balaban J connectivity index is 1.52. The van der Waals surface area contributed by atoms with Crippen molar-refractivity contribution in [3.8, 4) is 5.75 Å². The number of anilines is 1. The number of rotatable bonds is 8. The van der Waals surface area contributed by atoms with Gasteiger partial charge < -0.3 is 10.1 Å². The van der Waals surface area contributed by atoms with E-state index in [0.29, 0.717) is 23.2 Å². The fourth-order valence-corrected chi connectivity index (χ4v) is 4.34. The van der Waals surface area contributed by atoms with Gasteiger partial charge in [0, 0.05) is 12.1 Å². The highest BCUT2D eigenvalue weighted by Gasteiger charge is 2.31. The molecule has 3 aromatic rings. The van der Waals surface area contributed by atoms with Crippen LogP contribution in [0.2, 0.25) is 0 Å². The van der Waals surface area contributed by atoms with E-state index < -0.39 is 0 Å². The zero-order chi connectivity index (χ0) is 24.8. The first-order valence-corrected chi connectivity index (χ1v) is 12.2. The molecule has 2 heterocycles. The molecule has 1 aromatic heterocycles. The van der Waals surface area contributed by atoms with Gasteiger partial charge >= 0.3 is 0 Å². The molecular formula is C26H27N5O3S. The highest BCUT2D eigenvalue weighted by molar-refractivity contribution is 8.14. The number of benzene rings is 2. The Kier molecular flexibility index (Phi) is 7.67. The Morgan fingerprint density at radius 1 is 1.11 bits per heavy atom. The van der Waals surface area contributed by atoms with Gasteiger partial charge in [-0.1, -0.05) is 54.2 Å². The fourth-order valence-electron chi connectivity index (χ4n) is 3.54. The molecule has 0 saturated heterocycles. The summed E-state index contributed by atoms with van der Waals surface area (Å²) in [6.07, 6.45) is 3.40. The molecule has 0 aliphatic carbocycles. The number of amides is 2. The molecule has 2 amide bonds. The first kappa shape index (κ1) is 24.3. The molecule has 8 nitrogen and oxygen atoms in total. The molecule has 0 bridgehead atoms. The third-order valence-corrected chi connectivity index (χ3v) is 6.25. The summed E-state index contributed by atoms with van der Waals surface area (Å²) in [5.41, 5.74) is 2.14. The van der Waals surface area contributed by atoms with Crippen molar-refractivity contribution in [2.45, 2.75) is 26.4 Å². The number of carbonyl (C=O) groups excluding carboxylic acids is 2. The van der Waals surface area contributed by atoms with Crippen LogP contribution in [0.15, 0.2) is 77.5 Å². The molecule has 9 heteroatoms. The molecule has 35 heavy (non-hydrogen) atoms. The van der Waals surface area contributed by atoms with Gasteiger partial charge in [-0.3, -0.25) is 14.5 Å². The largest absolute Gasteiger partial charge is 0.497 e. The minimum atomic E-state index is -0.203. The van der Waals surface area contributed by atoms with Gasteiger partial charge in [-0.05, 0) is 43.2 Å². The van der Waals surface area contributed by atoms with Gasteiger partial charge in [-0.15, -0.1) is 0 Å². The maximum absolute atomic E-state index is 13.3. The molecule has 0 spiro atoms. The number of amidine groups is 1. The molecule has 0 fully saturated rings.